The quantitative estimate of drug-likeness (QED) is 0.773. The Kier molecular flexibility index (Phi) is 4.61. The van der Waals surface area contributed by atoms with Gasteiger partial charge in [0.1, 0.15) is 0 Å². The zero-order valence-electron chi connectivity index (χ0n) is 9.77. The Balaban J connectivity index is 2.46. The van der Waals surface area contributed by atoms with Gasteiger partial charge in [-0.05, 0) is 30.3 Å². The van der Waals surface area contributed by atoms with Crippen LogP contribution in [0.3, 0.4) is 0 Å². The molecule has 84 valence electrons. The molecule has 0 N–H and O–H groups in total. The van der Waals surface area contributed by atoms with E-state index in [1.165, 1.54) is 0 Å². The zero-order chi connectivity index (χ0) is 11.3. The first-order valence-corrected chi connectivity index (χ1v) is 5.86. The van der Waals surface area contributed by atoms with E-state index in [1.807, 2.05) is 18.3 Å². The fraction of sp³-hybridized carbons (Fsp3) is 0.583. The maximum Gasteiger partial charge on any atom is 0.0543 e. The van der Waals surface area contributed by atoms with Gasteiger partial charge in [-0.15, -0.1) is 0 Å². The third kappa shape index (κ3) is 4.67. The zero-order valence-corrected chi connectivity index (χ0v) is 10.7. The Morgan fingerprint density at radius 3 is 2.67 bits per heavy atom. The van der Waals surface area contributed by atoms with Crippen molar-refractivity contribution in [2.45, 2.75) is 20.4 Å². The summed E-state index contributed by atoms with van der Waals surface area (Å²) in [7, 11) is 2.12. The number of thiol groups is 1. The van der Waals surface area contributed by atoms with Crippen LogP contribution in [0.25, 0.3) is 0 Å². The molecular formula is C12H20N2S. The van der Waals surface area contributed by atoms with Gasteiger partial charge >= 0.3 is 0 Å². The van der Waals surface area contributed by atoms with E-state index < -0.39 is 0 Å². The van der Waals surface area contributed by atoms with Gasteiger partial charge in [0.15, 0.2) is 0 Å². The van der Waals surface area contributed by atoms with Crippen molar-refractivity contribution in [2.24, 2.45) is 5.41 Å². The van der Waals surface area contributed by atoms with Crippen molar-refractivity contribution < 1.29 is 0 Å². The summed E-state index contributed by atoms with van der Waals surface area (Å²) in [6.45, 7) is 6.40. The van der Waals surface area contributed by atoms with Crippen molar-refractivity contribution in [1.82, 2.24) is 9.88 Å². The average Bonchev–Trinajstić information content (AvgIpc) is 2.18. The first-order valence-electron chi connectivity index (χ1n) is 5.23. The van der Waals surface area contributed by atoms with Crippen molar-refractivity contribution in [3.8, 4) is 0 Å². The Hall–Kier alpha value is -0.540. The molecule has 15 heavy (non-hydrogen) atoms. The van der Waals surface area contributed by atoms with Crippen molar-refractivity contribution >= 4 is 12.6 Å². The average molecular weight is 224 g/mol. The molecule has 0 spiro atoms. The van der Waals surface area contributed by atoms with Crippen LogP contribution in [0.15, 0.2) is 24.4 Å². The molecule has 1 heterocycles. The normalized spacial score (nSPS) is 12.1. The Morgan fingerprint density at radius 2 is 2.13 bits per heavy atom. The number of nitrogens with zero attached hydrogens (tertiary/aromatic N) is 2. The monoisotopic (exact) mass is 224 g/mol. The van der Waals surface area contributed by atoms with E-state index in [1.54, 1.807) is 0 Å². The van der Waals surface area contributed by atoms with Crippen LogP contribution in [0, 0.1) is 5.41 Å². The molecule has 0 aliphatic carbocycles. The maximum absolute atomic E-state index is 4.36. The van der Waals surface area contributed by atoms with Gasteiger partial charge in [0.05, 0.1) is 5.69 Å². The molecule has 0 atom stereocenters. The van der Waals surface area contributed by atoms with Crippen LogP contribution in [0.5, 0.6) is 0 Å². The van der Waals surface area contributed by atoms with Crippen molar-refractivity contribution in [3.05, 3.63) is 30.1 Å². The molecular weight excluding hydrogens is 204 g/mol. The van der Waals surface area contributed by atoms with Gasteiger partial charge in [-0.25, -0.2) is 0 Å². The summed E-state index contributed by atoms with van der Waals surface area (Å²) in [6, 6.07) is 6.03. The Bertz CT molecular complexity index is 285. The number of hydrogen-bond donors (Lipinski definition) is 1. The summed E-state index contributed by atoms with van der Waals surface area (Å²) >= 11 is 4.36. The summed E-state index contributed by atoms with van der Waals surface area (Å²) < 4.78 is 0. The summed E-state index contributed by atoms with van der Waals surface area (Å²) in [5, 5.41) is 0. The lowest BCUT2D eigenvalue weighted by atomic mass is 9.96. The van der Waals surface area contributed by atoms with Crippen LogP contribution < -0.4 is 0 Å². The molecule has 1 aromatic rings. The van der Waals surface area contributed by atoms with Gasteiger partial charge in [-0.1, -0.05) is 19.9 Å². The fourth-order valence-corrected chi connectivity index (χ4v) is 1.70. The van der Waals surface area contributed by atoms with E-state index in [0.717, 1.165) is 24.5 Å². The highest BCUT2D eigenvalue weighted by Gasteiger charge is 2.18. The van der Waals surface area contributed by atoms with Gasteiger partial charge in [0.25, 0.3) is 0 Å². The van der Waals surface area contributed by atoms with Crippen LogP contribution in [0.1, 0.15) is 19.5 Å². The molecule has 1 rings (SSSR count). The molecule has 0 aliphatic rings. The number of aromatic nitrogens is 1. The SMILES string of the molecule is CN(Cc1ccccn1)CC(C)(C)CS. The molecule has 2 nitrogen and oxygen atoms in total. The largest absolute Gasteiger partial charge is 0.300 e. The molecule has 0 unspecified atom stereocenters. The molecule has 1 aromatic heterocycles. The third-order valence-electron chi connectivity index (χ3n) is 2.28. The van der Waals surface area contributed by atoms with Crippen molar-refractivity contribution in [1.29, 1.82) is 0 Å². The summed E-state index contributed by atoms with van der Waals surface area (Å²) in [4.78, 5) is 6.60. The standard InChI is InChI=1S/C12H20N2S/c1-12(2,10-15)9-14(3)8-11-6-4-5-7-13-11/h4-7,15H,8-10H2,1-3H3. The highest BCUT2D eigenvalue weighted by Crippen LogP contribution is 2.18. The third-order valence-corrected chi connectivity index (χ3v) is 3.14. The summed E-state index contributed by atoms with van der Waals surface area (Å²) in [5.41, 5.74) is 1.38. The van der Waals surface area contributed by atoms with E-state index in [2.05, 4.69) is 49.5 Å². The van der Waals surface area contributed by atoms with Gasteiger partial charge in [-0.2, -0.15) is 12.6 Å². The molecule has 0 saturated carbocycles. The predicted octanol–water partition coefficient (Wildman–Crippen LogP) is 2.47. The lowest BCUT2D eigenvalue weighted by Crippen LogP contribution is -2.32. The van der Waals surface area contributed by atoms with Gasteiger partial charge in [0.2, 0.25) is 0 Å². The van der Waals surface area contributed by atoms with Crippen molar-refractivity contribution in [3.63, 3.8) is 0 Å². The second kappa shape index (κ2) is 5.52. The highest BCUT2D eigenvalue weighted by atomic mass is 32.1. The lowest BCUT2D eigenvalue weighted by molar-refractivity contribution is 0.223. The van der Waals surface area contributed by atoms with E-state index in [9.17, 15) is 0 Å². The Labute approximate surface area is 98.1 Å². The van der Waals surface area contributed by atoms with Crippen LogP contribution in [-0.2, 0) is 6.54 Å². The molecule has 0 radical (unpaired) electrons. The van der Waals surface area contributed by atoms with Crippen LogP contribution >= 0.6 is 12.6 Å². The number of rotatable bonds is 5. The van der Waals surface area contributed by atoms with E-state index in [0.29, 0.717) is 0 Å². The smallest absolute Gasteiger partial charge is 0.0543 e. The van der Waals surface area contributed by atoms with Crippen molar-refractivity contribution in [2.75, 3.05) is 19.3 Å². The van der Waals surface area contributed by atoms with Gasteiger partial charge in [-0.3, -0.25) is 9.88 Å². The predicted molar refractivity (Wildman–Crippen MR) is 68.2 cm³/mol. The topological polar surface area (TPSA) is 16.1 Å². The van der Waals surface area contributed by atoms with Gasteiger partial charge in [0, 0.05) is 19.3 Å². The summed E-state index contributed by atoms with van der Waals surface area (Å²) in [6.07, 6.45) is 1.84. The van der Waals surface area contributed by atoms with Crippen LogP contribution in [0.4, 0.5) is 0 Å². The Morgan fingerprint density at radius 1 is 1.40 bits per heavy atom. The number of hydrogen-bond acceptors (Lipinski definition) is 3. The molecule has 3 heteroatoms. The minimum atomic E-state index is 0.257. The highest BCUT2D eigenvalue weighted by molar-refractivity contribution is 7.80. The molecule has 0 saturated heterocycles. The molecule has 0 aromatic carbocycles. The van der Waals surface area contributed by atoms with E-state index in [4.69, 9.17) is 0 Å². The fourth-order valence-electron chi connectivity index (χ4n) is 1.60. The second-order valence-corrected chi connectivity index (χ2v) is 5.13. The molecule has 0 bridgehead atoms. The minimum Gasteiger partial charge on any atom is -0.300 e. The molecule has 0 fully saturated rings. The van der Waals surface area contributed by atoms with Gasteiger partial charge < -0.3 is 0 Å². The van der Waals surface area contributed by atoms with E-state index in [-0.39, 0.29) is 5.41 Å². The van der Waals surface area contributed by atoms with E-state index >= 15 is 0 Å². The first kappa shape index (κ1) is 12.5. The van der Waals surface area contributed by atoms with Crippen LogP contribution in [0.2, 0.25) is 0 Å². The molecule has 0 amide bonds. The summed E-state index contributed by atoms with van der Waals surface area (Å²) in [5.74, 6) is 0.902. The van der Waals surface area contributed by atoms with Crippen LogP contribution in [-0.4, -0.2) is 29.2 Å². The second-order valence-electron chi connectivity index (χ2n) is 4.82. The minimum absolute atomic E-state index is 0.257. The number of pyridine rings is 1. The maximum atomic E-state index is 4.36. The molecule has 0 aliphatic heterocycles. The first-order chi connectivity index (χ1) is 7.03. The lowest BCUT2D eigenvalue weighted by Gasteiger charge is -2.28.